The van der Waals surface area contributed by atoms with Crippen LogP contribution in [0.25, 0.3) is 0 Å². The highest BCUT2D eigenvalue weighted by Crippen LogP contribution is 2.26. The van der Waals surface area contributed by atoms with E-state index in [2.05, 4.69) is 10.3 Å². The molecule has 0 saturated carbocycles. The number of pyridine rings is 1. The van der Waals surface area contributed by atoms with Crippen molar-refractivity contribution in [1.82, 2.24) is 9.88 Å². The molecule has 0 aliphatic carbocycles. The summed E-state index contributed by atoms with van der Waals surface area (Å²) in [5, 5.41) is 3.08. The molecule has 1 saturated heterocycles. The van der Waals surface area contributed by atoms with Gasteiger partial charge < -0.3 is 15.0 Å². The van der Waals surface area contributed by atoms with E-state index in [4.69, 9.17) is 4.74 Å². The second-order valence-corrected chi connectivity index (χ2v) is 5.85. The minimum absolute atomic E-state index is 0.0789. The van der Waals surface area contributed by atoms with E-state index in [0.29, 0.717) is 13.1 Å². The van der Waals surface area contributed by atoms with Gasteiger partial charge in [0, 0.05) is 12.4 Å². The number of carbonyl (C=O) groups is 1. The third kappa shape index (κ3) is 3.62. The first-order valence-electron chi connectivity index (χ1n) is 7.78. The standard InChI is InChI=1S/C18H21N3O2/c1-13-5-3-6-14(2)18(13)23-16-11-21(12-16)17(22)10-20-15-7-4-8-19-9-15/h3-9,16,20H,10-12H2,1-2H3. The van der Waals surface area contributed by atoms with E-state index in [0.717, 1.165) is 22.6 Å². The monoisotopic (exact) mass is 311 g/mol. The fraction of sp³-hybridized carbons (Fsp3) is 0.333. The quantitative estimate of drug-likeness (QED) is 0.921. The van der Waals surface area contributed by atoms with Gasteiger partial charge in [-0.05, 0) is 37.1 Å². The van der Waals surface area contributed by atoms with Gasteiger partial charge in [-0.3, -0.25) is 9.78 Å². The zero-order valence-corrected chi connectivity index (χ0v) is 13.5. The van der Waals surface area contributed by atoms with E-state index < -0.39 is 0 Å². The molecule has 1 amide bonds. The Morgan fingerprint density at radius 1 is 1.26 bits per heavy atom. The number of hydrogen-bond acceptors (Lipinski definition) is 4. The van der Waals surface area contributed by atoms with Gasteiger partial charge in [0.25, 0.3) is 0 Å². The Hall–Kier alpha value is -2.56. The fourth-order valence-electron chi connectivity index (χ4n) is 2.62. The number of nitrogens with zero attached hydrogens (tertiary/aromatic N) is 2. The van der Waals surface area contributed by atoms with Crippen molar-refractivity contribution in [2.45, 2.75) is 20.0 Å². The Balaban J connectivity index is 1.46. The molecule has 0 spiro atoms. The number of carbonyl (C=O) groups excluding carboxylic acids is 1. The summed E-state index contributed by atoms with van der Waals surface area (Å²) in [7, 11) is 0. The highest BCUT2D eigenvalue weighted by Gasteiger charge is 2.32. The lowest BCUT2D eigenvalue weighted by Crippen LogP contribution is -2.57. The van der Waals surface area contributed by atoms with Crippen molar-refractivity contribution in [2.24, 2.45) is 0 Å². The van der Waals surface area contributed by atoms with E-state index in [1.54, 1.807) is 12.4 Å². The second-order valence-electron chi connectivity index (χ2n) is 5.85. The molecule has 1 aromatic carbocycles. The lowest BCUT2D eigenvalue weighted by atomic mass is 10.1. The van der Waals surface area contributed by atoms with E-state index >= 15 is 0 Å². The molecule has 0 unspecified atom stereocenters. The fourth-order valence-corrected chi connectivity index (χ4v) is 2.62. The van der Waals surface area contributed by atoms with Gasteiger partial charge in [0.2, 0.25) is 5.91 Å². The predicted molar refractivity (Wildman–Crippen MR) is 89.6 cm³/mol. The van der Waals surface area contributed by atoms with E-state index in [-0.39, 0.29) is 18.6 Å². The first-order chi connectivity index (χ1) is 11.1. The van der Waals surface area contributed by atoms with Crippen molar-refractivity contribution < 1.29 is 9.53 Å². The Labute approximate surface area is 136 Å². The summed E-state index contributed by atoms with van der Waals surface area (Å²) in [4.78, 5) is 17.9. The molecule has 5 heteroatoms. The van der Waals surface area contributed by atoms with Crippen molar-refractivity contribution in [3.05, 3.63) is 53.9 Å². The Morgan fingerprint density at radius 2 is 2.00 bits per heavy atom. The molecule has 1 aliphatic heterocycles. The van der Waals surface area contributed by atoms with Gasteiger partial charge in [0.1, 0.15) is 11.9 Å². The zero-order chi connectivity index (χ0) is 16.2. The first kappa shape index (κ1) is 15.3. The third-order valence-electron chi connectivity index (χ3n) is 4.00. The van der Waals surface area contributed by atoms with Crippen LogP contribution in [0.4, 0.5) is 5.69 Å². The van der Waals surface area contributed by atoms with Gasteiger partial charge in [-0.15, -0.1) is 0 Å². The first-order valence-corrected chi connectivity index (χ1v) is 7.78. The molecular formula is C18H21N3O2. The summed E-state index contributed by atoms with van der Waals surface area (Å²) >= 11 is 0. The van der Waals surface area contributed by atoms with Crippen molar-refractivity contribution in [1.29, 1.82) is 0 Å². The number of amides is 1. The second kappa shape index (κ2) is 6.69. The Morgan fingerprint density at radius 3 is 2.65 bits per heavy atom. The molecular weight excluding hydrogens is 290 g/mol. The van der Waals surface area contributed by atoms with Crippen LogP contribution in [0.3, 0.4) is 0 Å². The maximum absolute atomic E-state index is 12.1. The number of nitrogens with one attached hydrogen (secondary N) is 1. The minimum Gasteiger partial charge on any atom is -0.486 e. The third-order valence-corrected chi connectivity index (χ3v) is 4.00. The van der Waals surface area contributed by atoms with Gasteiger partial charge in [-0.2, -0.15) is 0 Å². The summed E-state index contributed by atoms with van der Waals surface area (Å²) < 4.78 is 6.03. The molecule has 3 rings (SSSR count). The van der Waals surface area contributed by atoms with Crippen LogP contribution in [0.5, 0.6) is 5.75 Å². The van der Waals surface area contributed by atoms with Crippen LogP contribution < -0.4 is 10.1 Å². The molecule has 0 atom stereocenters. The summed E-state index contributed by atoms with van der Waals surface area (Å²) in [5.41, 5.74) is 3.12. The van der Waals surface area contributed by atoms with E-state index in [1.165, 1.54) is 0 Å². The zero-order valence-electron chi connectivity index (χ0n) is 13.5. The van der Waals surface area contributed by atoms with Gasteiger partial charge in [-0.25, -0.2) is 0 Å². The Kier molecular flexibility index (Phi) is 4.46. The number of aromatic nitrogens is 1. The maximum Gasteiger partial charge on any atom is 0.242 e. The molecule has 2 heterocycles. The summed E-state index contributed by atoms with van der Waals surface area (Å²) in [6.07, 6.45) is 3.49. The molecule has 2 aromatic rings. The van der Waals surface area contributed by atoms with E-state index in [9.17, 15) is 4.79 Å². The number of rotatable bonds is 5. The molecule has 1 aromatic heterocycles. The summed E-state index contributed by atoms with van der Waals surface area (Å²) in [6, 6.07) is 9.84. The number of likely N-dealkylation sites (tertiary alicyclic amines) is 1. The molecule has 1 fully saturated rings. The van der Waals surface area contributed by atoms with Crippen molar-refractivity contribution in [2.75, 3.05) is 25.0 Å². The molecule has 0 bridgehead atoms. The highest BCUT2D eigenvalue weighted by atomic mass is 16.5. The number of aryl methyl sites for hydroxylation is 2. The van der Waals surface area contributed by atoms with Crippen molar-refractivity contribution >= 4 is 11.6 Å². The number of ether oxygens (including phenoxy) is 1. The summed E-state index contributed by atoms with van der Waals surface area (Å²) in [5.74, 6) is 1.02. The molecule has 120 valence electrons. The van der Waals surface area contributed by atoms with Gasteiger partial charge in [0.05, 0.1) is 25.3 Å². The molecule has 0 radical (unpaired) electrons. The van der Waals surface area contributed by atoms with Crippen molar-refractivity contribution in [3.63, 3.8) is 0 Å². The van der Waals surface area contributed by atoms with Crippen LogP contribution >= 0.6 is 0 Å². The SMILES string of the molecule is Cc1cccc(C)c1OC1CN(C(=O)CNc2cccnc2)C1. The lowest BCUT2D eigenvalue weighted by molar-refractivity contribution is -0.138. The number of anilines is 1. The van der Waals surface area contributed by atoms with Crippen LogP contribution in [-0.2, 0) is 4.79 Å². The number of hydrogen-bond donors (Lipinski definition) is 1. The predicted octanol–water partition coefficient (Wildman–Crippen LogP) is 2.40. The molecule has 23 heavy (non-hydrogen) atoms. The number of benzene rings is 1. The smallest absolute Gasteiger partial charge is 0.242 e. The largest absolute Gasteiger partial charge is 0.486 e. The average Bonchev–Trinajstić information content (AvgIpc) is 2.51. The number of para-hydroxylation sites is 1. The van der Waals surface area contributed by atoms with Crippen LogP contribution in [0, 0.1) is 13.8 Å². The van der Waals surface area contributed by atoms with Crippen molar-refractivity contribution in [3.8, 4) is 5.75 Å². The average molecular weight is 311 g/mol. The Bertz CT molecular complexity index is 662. The normalized spacial score (nSPS) is 14.3. The minimum atomic E-state index is 0.0789. The summed E-state index contributed by atoms with van der Waals surface area (Å²) in [6.45, 7) is 5.65. The van der Waals surface area contributed by atoms with Gasteiger partial charge in [0.15, 0.2) is 0 Å². The molecule has 5 nitrogen and oxygen atoms in total. The highest BCUT2D eigenvalue weighted by molar-refractivity contribution is 5.81. The van der Waals surface area contributed by atoms with Crippen LogP contribution in [0.2, 0.25) is 0 Å². The van der Waals surface area contributed by atoms with Gasteiger partial charge in [-0.1, -0.05) is 18.2 Å². The lowest BCUT2D eigenvalue weighted by Gasteiger charge is -2.39. The topological polar surface area (TPSA) is 54.5 Å². The molecule has 1 N–H and O–H groups in total. The van der Waals surface area contributed by atoms with Crippen LogP contribution in [-0.4, -0.2) is 41.5 Å². The van der Waals surface area contributed by atoms with Crippen LogP contribution in [0.1, 0.15) is 11.1 Å². The van der Waals surface area contributed by atoms with Gasteiger partial charge >= 0.3 is 0 Å². The van der Waals surface area contributed by atoms with Crippen LogP contribution in [0.15, 0.2) is 42.7 Å². The maximum atomic E-state index is 12.1. The van der Waals surface area contributed by atoms with E-state index in [1.807, 2.05) is 49.1 Å². The molecule has 1 aliphatic rings.